The number of carboxylic acid groups (broad SMARTS) is 1. The summed E-state index contributed by atoms with van der Waals surface area (Å²) in [5.74, 6) is -0.927. The van der Waals surface area contributed by atoms with Crippen LogP contribution in [0.5, 0.6) is 0 Å². The van der Waals surface area contributed by atoms with Crippen molar-refractivity contribution >= 4 is 34.9 Å². The number of aromatic carboxylic acids is 1. The lowest BCUT2D eigenvalue weighted by atomic mass is 9.92. The Morgan fingerprint density at radius 2 is 1.79 bits per heavy atom. The highest BCUT2D eigenvalue weighted by molar-refractivity contribution is 6.30. The molecule has 4 nitrogen and oxygen atoms in total. The van der Waals surface area contributed by atoms with E-state index in [-0.39, 0.29) is 17.4 Å². The van der Waals surface area contributed by atoms with Crippen LogP contribution in [0.4, 0.5) is 11.4 Å². The Morgan fingerprint density at radius 3 is 2.54 bits per heavy atom. The van der Waals surface area contributed by atoms with Gasteiger partial charge in [0, 0.05) is 16.6 Å². The zero-order chi connectivity index (χ0) is 19.5. The van der Waals surface area contributed by atoms with Crippen molar-refractivity contribution < 1.29 is 14.7 Å². The molecule has 0 bridgehead atoms. The fraction of sp³-hybridized carbons (Fsp3) is 0.130. The zero-order valence-electron chi connectivity index (χ0n) is 14.8. The Hall–Kier alpha value is -3.11. The summed E-state index contributed by atoms with van der Waals surface area (Å²) in [7, 11) is 0. The molecule has 1 aliphatic heterocycles. The average molecular weight is 390 g/mol. The third-order valence-electron chi connectivity index (χ3n) is 5.79. The third kappa shape index (κ3) is 2.31. The molecule has 0 aromatic heterocycles. The van der Waals surface area contributed by atoms with E-state index in [1.54, 1.807) is 23.1 Å². The molecule has 5 rings (SSSR count). The molecule has 1 aliphatic carbocycles. The monoisotopic (exact) mass is 389 g/mol. The molecule has 138 valence electrons. The molecule has 1 fully saturated rings. The molecule has 1 heterocycles. The number of rotatable bonds is 3. The normalized spacial score (nSPS) is 22.4. The van der Waals surface area contributed by atoms with Crippen LogP contribution in [0.25, 0.3) is 0 Å². The summed E-state index contributed by atoms with van der Waals surface area (Å²) in [4.78, 5) is 26.7. The van der Waals surface area contributed by atoms with Gasteiger partial charge in [-0.05, 0) is 53.9 Å². The van der Waals surface area contributed by atoms with E-state index in [1.165, 1.54) is 6.07 Å². The van der Waals surface area contributed by atoms with E-state index in [0.29, 0.717) is 10.7 Å². The maximum Gasteiger partial charge on any atom is 0.335 e. The van der Waals surface area contributed by atoms with E-state index in [0.717, 1.165) is 23.2 Å². The third-order valence-corrected chi connectivity index (χ3v) is 6.05. The van der Waals surface area contributed by atoms with Gasteiger partial charge < -0.3 is 5.11 Å². The molecule has 28 heavy (non-hydrogen) atoms. The number of benzene rings is 3. The summed E-state index contributed by atoms with van der Waals surface area (Å²) < 4.78 is 0. The Morgan fingerprint density at radius 1 is 1.04 bits per heavy atom. The Balaban J connectivity index is 1.61. The molecule has 1 N–H and O–H groups in total. The maximum atomic E-state index is 13.6. The van der Waals surface area contributed by atoms with E-state index in [9.17, 15) is 14.7 Å². The van der Waals surface area contributed by atoms with Crippen LogP contribution in [0.2, 0.25) is 5.02 Å². The van der Waals surface area contributed by atoms with Gasteiger partial charge in [-0.15, -0.1) is 0 Å². The van der Waals surface area contributed by atoms with E-state index in [4.69, 9.17) is 11.6 Å². The quantitative estimate of drug-likeness (QED) is 0.674. The summed E-state index contributed by atoms with van der Waals surface area (Å²) in [6, 6.07) is 22.0. The van der Waals surface area contributed by atoms with Crippen molar-refractivity contribution in [3.8, 4) is 0 Å². The first-order valence-corrected chi connectivity index (χ1v) is 9.43. The van der Waals surface area contributed by atoms with Crippen LogP contribution in [0.1, 0.15) is 33.8 Å². The van der Waals surface area contributed by atoms with Crippen LogP contribution >= 0.6 is 11.6 Å². The second kappa shape index (κ2) is 5.94. The van der Waals surface area contributed by atoms with Crippen molar-refractivity contribution in [3.63, 3.8) is 0 Å². The fourth-order valence-electron chi connectivity index (χ4n) is 4.40. The predicted octanol–water partition coefficient (Wildman–Crippen LogP) is 5.14. The minimum atomic E-state index is -1.01. The molecule has 1 spiro atoms. The number of halogens is 1. The number of fused-ring (bicyclic) bond motifs is 2. The van der Waals surface area contributed by atoms with Crippen molar-refractivity contribution in [1.82, 2.24) is 0 Å². The Kier molecular flexibility index (Phi) is 3.61. The van der Waals surface area contributed by atoms with Gasteiger partial charge in [-0.3, -0.25) is 9.69 Å². The number of hydrogen-bond acceptors (Lipinski definition) is 2. The minimum Gasteiger partial charge on any atom is -0.478 e. The first kappa shape index (κ1) is 17.0. The summed E-state index contributed by atoms with van der Waals surface area (Å²) in [5.41, 5.74) is 3.06. The van der Waals surface area contributed by atoms with Gasteiger partial charge in [0.15, 0.2) is 0 Å². The van der Waals surface area contributed by atoms with Crippen LogP contribution in [0, 0.1) is 0 Å². The second-order valence-corrected chi connectivity index (χ2v) is 7.73. The van der Waals surface area contributed by atoms with Crippen molar-refractivity contribution in [2.45, 2.75) is 17.8 Å². The average Bonchev–Trinajstić information content (AvgIpc) is 3.40. The molecule has 1 amide bonds. The lowest BCUT2D eigenvalue weighted by Gasteiger charge is -2.19. The molecular weight excluding hydrogens is 374 g/mol. The number of anilines is 2. The largest absolute Gasteiger partial charge is 0.478 e. The Bertz CT molecular complexity index is 1120. The number of carbonyl (C=O) groups excluding carboxylic acids is 1. The summed E-state index contributed by atoms with van der Waals surface area (Å²) in [6.07, 6.45) is 0.736. The minimum absolute atomic E-state index is 0.00353. The Labute approximate surface area is 167 Å². The molecule has 5 heteroatoms. The lowest BCUT2D eigenvalue weighted by Crippen LogP contribution is -2.29. The number of hydrogen-bond donors (Lipinski definition) is 1. The summed E-state index contributed by atoms with van der Waals surface area (Å²) >= 11 is 6.02. The predicted molar refractivity (Wildman–Crippen MR) is 107 cm³/mol. The van der Waals surface area contributed by atoms with Crippen LogP contribution in [0.3, 0.4) is 0 Å². The van der Waals surface area contributed by atoms with Gasteiger partial charge in [0.2, 0.25) is 5.91 Å². The van der Waals surface area contributed by atoms with E-state index >= 15 is 0 Å². The molecule has 0 saturated heterocycles. The standard InChI is InChI=1S/C23H16ClNO3/c24-16-10-8-14(9-11-16)19-13-23(19)18-6-1-2-7-20(18)25(22(23)28)17-5-3-4-15(12-17)21(26)27/h1-12,19H,13H2,(H,26,27)/t19-,23+/m0/s1. The molecular formula is C23H16ClNO3. The van der Waals surface area contributed by atoms with Gasteiger partial charge in [-0.25, -0.2) is 4.79 Å². The highest BCUT2D eigenvalue weighted by Crippen LogP contribution is 2.67. The summed E-state index contributed by atoms with van der Waals surface area (Å²) in [6.45, 7) is 0. The number of carbonyl (C=O) groups is 2. The first-order valence-electron chi connectivity index (χ1n) is 9.05. The molecule has 3 aromatic rings. The maximum absolute atomic E-state index is 13.6. The first-order chi connectivity index (χ1) is 13.5. The number of para-hydroxylation sites is 1. The smallest absolute Gasteiger partial charge is 0.335 e. The SMILES string of the molecule is O=C(O)c1cccc(N2C(=O)[C@]3(C[C@H]3c3ccc(Cl)cc3)c3ccccc32)c1. The van der Waals surface area contributed by atoms with Crippen LogP contribution < -0.4 is 4.90 Å². The lowest BCUT2D eigenvalue weighted by molar-refractivity contribution is -0.119. The van der Waals surface area contributed by atoms with Crippen molar-refractivity contribution in [3.05, 3.63) is 94.5 Å². The van der Waals surface area contributed by atoms with Gasteiger partial charge in [0.25, 0.3) is 0 Å². The van der Waals surface area contributed by atoms with E-state index in [2.05, 4.69) is 0 Å². The van der Waals surface area contributed by atoms with Gasteiger partial charge >= 0.3 is 5.97 Å². The van der Waals surface area contributed by atoms with Crippen molar-refractivity contribution in [2.75, 3.05) is 4.90 Å². The number of carboxylic acids is 1. The molecule has 0 unspecified atom stereocenters. The molecule has 2 atom stereocenters. The molecule has 3 aromatic carbocycles. The van der Waals surface area contributed by atoms with Crippen molar-refractivity contribution in [2.24, 2.45) is 0 Å². The van der Waals surface area contributed by atoms with E-state index in [1.807, 2.05) is 48.5 Å². The topological polar surface area (TPSA) is 57.6 Å². The van der Waals surface area contributed by atoms with Crippen LogP contribution in [0.15, 0.2) is 72.8 Å². The molecule has 0 radical (unpaired) electrons. The van der Waals surface area contributed by atoms with E-state index < -0.39 is 11.4 Å². The van der Waals surface area contributed by atoms with Gasteiger partial charge in [0.05, 0.1) is 16.7 Å². The van der Waals surface area contributed by atoms with Crippen LogP contribution in [-0.4, -0.2) is 17.0 Å². The molecule has 2 aliphatic rings. The van der Waals surface area contributed by atoms with Crippen LogP contribution in [-0.2, 0) is 10.2 Å². The number of amides is 1. The fourth-order valence-corrected chi connectivity index (χ4v) is 4.52. The van der Waals surface area contributed by atoms with Gasteiger partial charge in [-0.1, -0.05) is 48.0 Å². The number of nitrogens with zero attached hydrogens (tertiary/aromatic N) is 1. The van der Waals surface area contributed by atoms with Gasteiger partial charge in [0.1, 0.15) is 0 Å². The second-order valence-electron chi connectivity index (χ2n) is 7.29. The highest BCUT2D eigenvalue weighted by Gasteiger charge is 2.67. The highest BCUT2D eigenvalue weighted by atomic mass is 35.5. The van der Waals surface area contributed by atoms with Crippen molar-refractivity contribution in [1.29, 1.82) is 0 Å². The summed E-state index contributed by atoms with van der Waals surface area (Å²) in [5, 5.41) is 10.00. The van der Waals surface area contributed by atoms with Gasteiger partial charge in [-0.2, -0.15) is 0 Å². The molecule has 1 saturated carbocycles. The zero-order valence-corrected chi connectivity index (χ0v) is 15.6.